The van der Waals surface area contributed by atoms with Crippen LogP contribution in [0.25, 0.3) is 0 Å². The highest BCUT2D eigenvalue weighted by Crippen LogP contribution is 2.17. The number of primary amides is 2. The van der Waals surface area contributed by atoms with E-state index in [9.17, 15) is 18.0 Å². The van der Waals surface area contributed by atoms with Gasteiger partial charge in [-0.05, 0) is 17.7 Å². The second kappa shape index (κ2) is 6.82. The van der Waals surface area contributed by atoms with Crippen LogP contribution in [0.1, 0.15) is 5.56 Å². The zero-order valence-corrected chi connectivity index (χ0v) is 12.9. The summed E-state index contributed by atoms with van der Waals surface area (Å²) in [6.45, 7) is -1.21. The van der Waals surface area contributed by atoms with Crippen molar-refractivity contribution in [2.24, 2.45) is 11.5 Å². The van der Waals surface area contributed by atoms with E-state index in [4.69, 9.17) is 11.5 Å². The van der Waals surface area contributed by atoms with Gasteiger partial charge in [-0.15, -0.1) is 0 Å². The van der Waals surface area contributed by atoms with Crippen LogP contribution in [0.15, 0.2) is 29.2 Å². The van der Waals surface area contributed by atoms with Gasteiger partial charge in [0.25, 0.3) is 0 Å². The fourth-order valence-electron chi connectivity index (χ4n) is 1.47. The molecule has 0 fully saturated rings. The third kappa shape index (κ3) is 4.29. The van der Waals surface area contributed by atoms with Gasteiger partial charge in [0.2, 0.25) is 21.8 Å². The Hall–Kier alpha value is -1.45. The zero-order valence-electron chi connectivity index (χ0n) is 10.5. The van der Waals surface area contributed by atoms with Crippen molar-refractivity contribution >= 4 is 37.8 Å². The van der Waals surface area contributed by atoms with Crippen molar-refractivity contribution in [3.05, 3.63) is 29.8 Å². The number of carbonyl (C=O) groups is 2. The van der Waals surface area contributed by atoms with Gasteiger partial charge in [0.05, 0.1) is 18.0 Å². The summed E-state index contributed by atoms with van der Waals surface area (Å²) in [7, 11) is -4.00. The Bertz CT molecular complexity index is 585. The van der Waals surface area contributed by atoms with Gasteiger partial charge >= 0.3 is 0 Å². The smallest absolute Gasteiger partial charge is 0.244 e. The SMILES string of the molecule is NC(=O)CN(CC(N)=O)S(=O)(=O)c1ccc(CBr)cc1. The van der Waals surface area contributed by atoms with E-state index in [-0.39, 0.29) is 4.90 Å². The Morgan fingerprint density at radius 3 is 1.85 bits per heavy atom. The maximum Gasteiger partial charge on any atom is 0.244 e. The van der Waals surface area contributed by atoms with Crippen LogP contribution in [0.4, 0.5) is 0 Å². The third-order valence-corrected chi connectivity index (χ3v) is 4.83. The predicted octanol–water partition coefficient (Wildman–Crippen LogP) is -0.457. The van der Waals surface area contributed by atoms with Crippen molar-refractivity contribution in [3.63, 3.8) is 0 Å². The monoisotopic (exact) mass is 363 g/mol. The molecule has 9 heteroatoms. The molecule has 0 spiro atoms. The van der Waals surface area contributed by atoms with Crippen molar-refractivity contribution in [1.82, 2.24) is 4.31 Å². The van der Waals surface area contributed by atoms with Crippen molar-refractivity contribution < 1.29 is 18.0 Å². The number of halogens is 1. The number of nitrogens with zero attached hydrogens (tertiary/aromatic N) is 1. The van der Waals surface area contributed by atoms with Gasteiger partial charge in [0, 0.05) is 5.33 Å². The first-order chi connectivity index (χ1) is 9.27. The highest BCUT2D eigenvalue weighted by atomic mass is 79.9. The van der Waals surface area contributed by atoms with E-state index >= 15 is 0 Å². The minimum absolute atomic E-state index is 0.0373. The highest BCUT2D eigenvalue weighted by Gasteiger charge is 2.27. The fraction of sp³-hybridized carbons (Fsp3) is 0.273. The number of amides is 2. The first kappa shape index (κ1) is 16.6. The van der Waals surface area contributed by atoms with Crippen LogP contribution in [0.5, 0.6) is 0 Å². The number of carbonyl (C=O) groups excluding carboxylic acids is 2. The van der Waals surface area contributed by atoms with E-state index in [1.54, 1.807) is 12.1 Å². The van der Waals surface area contributed by atoms with E-state index in [1.807, 2.05) is 0 Å². The molecular formula is C11H14BrN3O4S. The predicted molar refractivity (Wildman–Crippen MR) is 76.2 cm³/mol. The number of sulfonamides is 1. The van der Waals surface area contributed by atoms with Crippen LogP contribution in [0.3, 0.4) is 0 Å². The third-order valence-electron chi connectivity index (χ3n) is 2.38. The Balaban J connectivity index is 3.13. The van der Waals surface area contributed by atoms with Gasteiger partial charge in [-0.25, -0.2) is 8.42 Å². The number of alkyl halides is 1. The average molecular weight is 364 g/mol. The van der Waals surface area contributed by atoms with E-state index in [1.165, 1.54) is 12.1 Å². The molecule has 0 atom stereocenters. The first-order valence-corrected chi connectivity index (χ1v) is 8.05. The number of hydrogen-bond donors (Lipinski definition) is 2. The number of rotatable bonds is 7. The lowest BCUT2D eigenvalue weighted by molar-refractivity contribution is -0.120. The van der Waals surface area contributed by atoms with E-state index in [0.717, 1.165) is 5.56 Å². The van der Waals surface area contributed by atoms with E-state index in [2.05, 4.69) is 15.9 Å². The number of hydrogen-bond acceptors (Lipinski definition) is 4. The summed E-state index contributed by atoms with van der Waals surface area (Å²) in [6, 6.07) is 6.02. The fourth-order valence-corrected chi connectivity index (χ4v) is 3.22. The molecule has 20 heavy (non-hydrogen) atoms. The Morgan fingerprint density at radius 1 is 1.05 bits per heavy atom. The standard InChI is InChI=1S/C11H14BrN3O4S/c12-5-8-1-3-9(4-2-8)20(18,19)15(6-10(13)16)7-11(14)17/h1-4H,5-7H2,(H2,13,16)(H2,14,17). The molecule has 0 saturated carbocycles. The molecule has 0 radical (unpaired) electrons. The second-order valence-corrected chi connectivity index (χ2v) is 6.48. The van der Waals surface area contributed by atoms with Crippen LogP contribution < -0.4 is 11.5 Å². The van der Waals surface area contributed by atoms with E-state index < -0.39 is 34.9 Å². The van der Waals surface area contributed by atoms with E-state index in [0.29, 0.717) is 9.64 Å². The summed E-state index contributed by atoms with van der Waals surface area (Å²) in [5.74, 6) is -1.74. The van der Waals surface area contributed by atoms with Gasteiger partial charge in [0.1, 0.15) is 0 Å². The number of benzene rings is 1. The lowest BCUT2D eigenvalue weighted by Crippen LogP contribution is -2.43. The molecule has 0 aliphatic rings. The second-order valence-electron chi connectivity index (χ2n) is 3.98. The van der Waals surface area contributed by atoms with Crippen molar-refractivity contribution in [3.8, 4) is 0 Å². The summed E-state index contributed by atoms with van der Waals surface area (Å²) < 4.78 is 25.3. The minimum Gasteiger partial charge on any atom is -0.369 e. The zero-order chi connectivity index (χ0) is 15.3. The van der Waals surface area contributed by atoms with Gasteiger partial charge < -0.3 is 11.5 Å². The summed E-state index contributed by atoms with van der Waals surface area (Å²) in [5.41, 5.74) is 10.9. The van der Waals surface area contributed by atoms with Crippen molar-refractivity contribution in [1.29, 1.82) is 0 Å². The topological polar surface area (TPSA) is 124 Å². The minimum atomic E-state index is -4.00. The Labute approximate surface area is 125 Å². The Kier molecular flexibility index (Phi) is 5.66. The average Bonchev–Trinajstić information content (AvgIpc) is 2.37. The maximum atomic E-state index is 12.3. The first-order valence-electron chi connectivity index (χ1n) is 5.49. The van der Waals surface area contributed by atoms with Crippen LogP contribution >= 0.6 is 15.9 Å². The summed E-state index contributed by atoms with van der Waals surface area (Å²) in [4.78, 5) is 21.8. The molecule has 0 heterocycles. The molecule has 4 N–H and O–H groups in total. The lowest BCUT2D eigenvalue weighted by atomic mass is 10.2. The van der Waals surface area contributed by atoms with Crippen LogP contribution in [0.2, 0.25) is 0 Å². The molecule has 1 aromatic carbocycles. The molecular weight excluding hydrogens is 350 g/mol. The van der Waals surface area contributed by atoms with Crippen molar-refractivity contribution in [2.45, 2.75) is 10.2 Å². The molecule has 0 aliphatic heterocycles. The van der Waals surface area contributed by atoms with Crippen LogP contribution in [-0.2, 0) is 24.9 Å². The Morgan fingerprint density at radius 2 is 1.50 bits per heavy atom. The molecule has 1 rings (SSSR count). The molecule has 0 saturated heterocycles. The molecule has 110 valence electrons. The molecule has 7 nitrogen and oxygen atoms in total. The molecule has 1 aromatic rings. The van der Waals surface area contributed by atoms with Crippen molar-refractivity contribution in [2.75, 3.05) is 13.1 Å². The maximum absolute atomic E-state index is 12.3. The normalized spacial score (nSPS) is 11.5. The summed E-state index contributed by atoms with van der Waals surface area (Å²) >= 11 is 3.24. The molecule has 0 aromatic heterocycles. The molecule has 0 bridgehead atoms. The van der Waals surface area contributed by atoms with Gasteiger partial charge in [-0.2, -0.15) is 4.31 Å². The largest absolute Gasteiger partial charge is 0.369 e. The van der Waals surface area contributed by atoms with Crippen LogP contribution in [-0.4, -0.2) is 37.6 Å². The molecule has 2 amide bonds. The summed E-state index contributed by atoms with van der Waals surface area (Å²) in [5, 5.41) is 0.583. The highest BCUT2D eigenvalue weighted by molar-refractivity contribution is 9.08. The number of nitrogens with two attached hydrogens (primary N) is 2. The summed E-state index contributed by atoms with van der Waals surface area (Å²) in [6.07, 6.45) is 0. The molecule has 0 unspecified atom stereocenters. The van der Waals surface area contributed by atoms with Gasteiger partial charge in [-0.3, -0.25) is 9.59 Å². The lowest BCUT2D eigenvalue weighted by Gasteiger charge is -2.19. The van der Waals surface area contributed by atoms with Crippen LogP contribution in [0, 0.1) is 0 Å². The quantitative estimate of drug-likeness (QED) is 0.636. The van der Waals surface area contributed by atoms with Gasteiger partial charge in [0.15, 0.2) is 0 Å². The van der Waals surface area contributed by atoms with Gasteiger partial charge in [-0.1, -0.05) is 28.1 Å². The molecule has 0 aliphatic carbocycles.